The van der Waals surface area contributed by atoms with E-state index < -0.39 is 5.41 Å². The molecule has 140 valence electrons. The first-order chi connectivity index (χ1) is 12.5. The summed E-state index contributed by atoms with van der Waals surface area (Å²) in [5, 5.41) is 13.5. The number of nitrogens with zero attached hydrogens (tertiary/aromatic N) is 1. The molecule has 0 fully saturated rings. The van der Waals surface area contributed by atoms with E-state index in [1.54, 1.807) is 18.2 Å². The summed E-state index contributed by atoms with van der Waals surface area (Å²) in [6.45, 7) is 9.82. The third-order valence-corrected chi connectivity index (χ3v) is 4.42. The van der Waals surface area contributed by atoms with Crippen LogP contribution in [0.3, 0.4) is 0 Å². The van der Waals surface area contributed by atoms with E-state index in [4.69, 9.17) is 23.2 Å². The van der Waals surface area contributed by atoms with Crippen LogP contribution in [-0.2, 0) is 0 Å². The fourth-order valence-electron chi connectivity index (χ4n) is 2.88. The van der Waals surface area contributed by atoms with Crippen LogP contribution >= 0.6 is 23.2 Å². The number of nitriles is 1. The minimum Gasteiger partial charge on any atom is -0.324 e. The maximum atomic E-state index is 12.8. The molecule has 0 aliphatic carbocycles. The first kappa shape index (κ1) is 21.0. The number of amides is 1. The molecule has 0 aliphatic rings. The lowest BCUT2D eigenvalue weighted by molar-refractivity contribution is 0.0958. The largest absolute Gasteiger partial charge is 0.324 e. The number of hydrogen-bond acceptors (Lipinski definition) is 2. The third kappa shape index (κ3) is 5.35. The number of rotatable bonds is 3. The van der Waals surface area contributed by atoms with Crippen molar-refractivity contribution in [1.29, 1.82) is 5.26 Å². The van der Waals surface area contributed by atoms with E-state index in [0.29, 0.717) is 26.9 Å². The lowest BCUT2D eigenvalue weighted by Gasteiger charge is -2.26. The van der Waals surface area contributed by atoms with Crippen LogP contribution in [0.1, 0.15) is 47.8 Å². The van der Waals surface area contributed by atoms with Gasteiger partial charge in [-0.05, 0) is 37.6 Å². The average Bonchev–Trinajstić information content (AvgIpc) is 2.51. The fraction of sp³-hybridized carbons (Fsp3) is 0.273. The van der Waals surface area contributed by atoms with Crippen molar-refractivity contribution in [1.82, 2.24) is 5.32 Å². The zero-order valence-corrected chi connectivity index (χ0v) is 17.6. The number of benzene rings is 2. The zero-order chi connectivity index (χ0) is 20.4. The maximum Gasteiger partial charge on any atom is 0.255 e. The van der Waals surface area contributed by atoms with Gasteiger partial charge in [0, 0.05) is 26.7 Å². The average molecular weight is 401 g/mol. The van der Waals surface area contributed by atoms with Crippen molar-refractivity contribution in [3.63, 3.8) is 0 Å². The number of allylic oxidation sites excluding steroid dienone is 2. The summed E-state index contributed by atoms with van der Waals surface area (Å²) in [5.74, 6) is -0.360. The molecule has 0 aliphatic heterocycles. The lowest BCUT2D eigenvalue weighted by Crippen LogP contribution is -2.31. The molecule has 2 rings (SSSR count). The Bertz CT molecular complexity index is 923. The molecule has 0 bridgehead atoms. The Balaban J connectivity index is 2.58. The van der Waals surface area contributed by atoms with E-state index in [2.05, 4.69) is 11.4 Å². The minimum atomic E-state index is -0.458. The summed E-state index contributed by atoms with van der Waals surface area (Å²) >= 11 is 12.0. The zero-order valence-electron chi connectivity index (χ0n) is 16.1. The van der Waals surface area contributed by atoms with Gasteiger partial charge in [0.1, 0.15) is 6.07 Å². The molecule has 27 heavy (non-hydrogen) atoms. The van der Waals surface area contributed by atoms with Gasteiger partial charge in [-0.3, -0.25) is 4.79 Å². The first-order valence-electron chi connectivity index (χ1n) is 8.52. The summed E-state index contributed by atoms with van der Waals surface area (Å²) in [4.78, 5) is 12.8. The molecule has 3 nitrogen and oxygen atoms in total. The second kappa shape index (κ2) is 8.17. The molecule has 0 radical (unpaired) electrons. The van der Waals surface area contributed by atoms with Gasteiger partial charge in [0.25, 0.3) is 5.91 Å². The molecule has 1 N–H and O–H groups in total. The fourth-order valence-corrected chi connectivity index (χ4v) is 3.41. The van der Waals surface area contributed by atoms with Gasteiger partial charge in [-0.25, -0.2) is 0 Å². The van der Waals surface area contributed by atoms with E-state index >= 15 is 0 Å². The predicted octanol–water partition coefficient (Wildman–Crippen LogP) is 6.32. The Morgan fingerprint density at radius 1 is 0.926 bits per heavy atom. The molecule has 0 saturated carbocycles. The van der Waals surface area contributed by atoms with Gasteiger partial charge >= 0.3 is 0 Å². The van der Waals surface area contributed by atoms with Gasteiger partial charge in [0.2, 0.25) is 0 Å². The highest BCUT2D eigenvalue weighted by molar-refractivity contribution is 6.35. The predicted molar refractivity (Wildman–Crippen MR) is 112 cm³/mol. The van der Waals surface area contributed by atoms with E-state index in [1.165, 1.54) is 0 Å². The van der Waals surface area contributed by atoms with Crippen molar-refractivity contribution in [3.05, 3.63) is 74.4 Å². The number of hydrogen-bond donors (Lipinski definition) is 1. The minimum absolute atomic E-state index is 0.340. The first-order valence-corrected chi connectivity index (χ1v) is 9.28. The second-order valence-corrected chi connectivity index (χ2v) is 8.47. The smallest absolute Gasteiger partial charge is 0.255 e. The molecule has 1 amide bonds. The van der Waals surface area contributed by atoms with Crippen molar-refractivity contribution >= 4 is 34.7 Å². The molecule has 0 heterocycles. The maximum absolute atomic E-state index is 12.8. The Kier molecular flexibility index (Phi) is 6.36. The number of carbonyl (C=O) groups is 1. The molecule has 2 aromatic carbocycles. The summed E-state index contributed by atoms with van der Waals surface area (Å²) in [5.41, 5.74) is 3.77. The summed E-state index contributed by atoms with van der Waals surface area (Å²) in [6, 6.07) is 12.9. The number of aryl methyl sites for hydroxylation is 2. The van der Waals surface area contributed by atoms with Crippen LogP contribution in [0.15, 0.2) is 42.1 Å². The quantitative estimate of drug-likeness (QED) is 0.612. The van der Waals surface area contributed by atoms with Crippen molar-refractivity contribution in [2.45, 2.75) is 34.6 Å². The van der Waals surface area contributed by atoms with Gasteiger partial charge in [-0.1, -0.05) is 73.3 Å². The number of nitrogens with one attached hydrogen (secondary N) is 1. The summed E-state index contributed by atoms with van der Waals surface area (Å²) < 4.78 is 0. The third-order valence-electron chi connectivity index (χ3n) is 3.99. The van der Waals surface area contributed by atoms with Crippen LogP contribution in [0.4, 0.5) is 0 Å². The highest BCUT2D eigenvalue weighted by atomic mass is 35.5. The highest BCUT2D eigenvalue weighted by Crippen LogP contribution is 2.32. The number of carbonyl (C=O) groups excluding carboxylic acids is 1. The van der Waals surface area contributed by atoms with Gasteiger partial charge in [-0.15, -0.1) is 0 Å². The molecular formula is C22H22Cl2N2O. The van der Waals surface area contributed by atoms with Crippen LogP contribution in [0.5, 0.6) is 0 Å². The second-order valence-electron chi connectivity index (χ2n) is 7.60. The van der Waals surface area contributed by atoms with Crippen molar-refractivity contribution in [2.75, 3.05) is 0 Å². The standard InChI is InChI=1S/C22H22Cl2N2O/c1-13-6-14(2)8-15(7-13)19(12-25)20(22(3,4)5)26-21(27)16-9-17(23)11-18(24)10-16/h6-11H,1-5H3,(H,26,27). The molecule has 0 saturated heterocycles. The molecule has 0 aromatic heterocycles. The molecule has 2 aromatic rings. The molecule has 5 heteroatoms. The normalized spacial score (nSPS) is 12.2. The van der Waals surface area contributed by atoms with Crippen LogP contribution in [-0.4, -0.2) is 5.91 Å². The Hall–Kier alpha value is -2.28. The Labute approximate surface area is 170 Å². The van der Waals surface area contributed by atoms with Gasteiger partial charge in [-0.2, -0.15) is 5.26 Å². The Morgan fingerprint density at radius 2 is 1.44 bits per heavy atom. The van der Waals surface area contributed by atoms with Gasteiger partial charge in [0.15, 0.2) is 0 Å². The van der Waals surface area contributed by atoms with E-state index in [9.17, 15) is 10.1 Å². The molecule has 0 atom stereocenters. The van der Waals surface area contributed by atoms with E-state index in [-0.39, 0.29) is 5.91 Å². The molecule has 0 unspecified atom stereocenters. The lowest BCUT2D eigenvalue weighted by atomic mass is 9.86. The van der Waals surface area contributed by atoms with Crippen LogP contribution in [0, 0.1) is 30.6 Å². The van der Waals surface area contributed by atoms with Crippen molar-refractivity contribution in [3.8, 4) is 6.07 Å². The van der Waals surface area contributed by atoms with E-state index in [1.807, 2.05) is 52.8 Å². The van der Waals surface area contributed by atoms with Gasteiger partial charge in [0.05, 0.1) is 5.57 Å². The van der Waals surface area contributed by atoms with Gasteiger partial charge < -0.3 is 5.32 Å². The van der Waals surface area contributed by atoms with E-state index in [0.717, 1.165) is 16.7 Å². The SMILES string of the molecule is Cc1cc(C)cc(C(C#N)=C(NC(=O)c2cc(Cl)cc(Cl)c2)C(C)(C)C)c1. The molecular weight excluding hydrogens is 379 g/mol. The number of halogens is 2. The topological polar surface area (TPSA) is 52.9 Å². The van der Waals surface area contributed by atoms with Crippen LogP contribution < -0.4 is 5.32 Å². The Morgan fingerprint density at radius 3 is 1.89 bits per heavy atom. The van der Waals surface area contributed by atoms with Crippen LogP contribution in [0.25, 0.3) is 5.57 Å². The highest BCUT2D eigenvalue weighted by Gasteiger charge is 2.25. The van der Waals surface area contributed by atoms with Crippen molar-refractivity contribution in [2.24, 2.45) is 5.41 Å². The monoisotopic (exact) mass is 400 g/mol. The molecule has 0 spiro atoms. The van der Waals surface area contributed by atoms with Crippen LogP contribution in [0.2, 0.25) is 10.0 Å². The van der Waals surface area contributed by atoms with Crippen molar-refractivity contribution < 1.29 is 4.79 Å². The summed E-state index contributed by atoms with van der Waals surface area (Å²) in [7, 11) is 0. The summed E-state index contributed by atoms with van der Waals surface area (Å²) in [6.07, 6.45) is 0.